The maximum Gasteiger partial charge on any atom is 0.326 e. The van der Waals surface area contributed by atoms with Crippen LogP contribution in [0.4, 0.5) is 9.59 Å². The summed E-state index contributed by atoms with van der Waals surface area (Å²) in [5.41, 5.74) is 4.79. The number of hydrogen-bond acceptors (Lipinski definition) is 6. The zero-order valence-electron chi connectivity index (χ0n) is 26.4. The number of amidine groups is 1. The highest BCUT2D eigenvalue weighted by Gasteiger charge is 2.60. The van der Waals surface area contributed by atoms with E-state index < -0.39 is 26.9 Å². The number of ether oxygens (including phenoxy) is 1. The summed E-state index contributed by atoms with van der Waals surface area (Å²) < 4.78 is 31.8. The van der Waals surface area contributed by atoms with Crippen LogP contribution in [0.1, 0.15) is 50.3 Å². The second kappa shape index (κ2) is 13.2. The summed E-state index contributed by atoms with van der Waals surface area (Å²) in [5, 5.41) is 3.76. The van der Waals surface area contributed by atoms with Gasteiger partial charge in [-0.3, -0.25) is 9.89 Å². The Labute approximate surface area is 289 Å². The van der Waals surface area contributed by atoms with Crippen molar-refractivity contribution in [2.24, 2.45) is 10.7 Å². The molecular weight excluding hydrogens is 685 g/mol. The maximum atomic E-state index is 15.0. The number of urea groups is 2. The van der Waals surface area contributed by atoms with Crippen LogP contribution in [-0.4, -0.2) is 68.1 Å². The van der Waals surface area contributed by atoms with Gasteiger partial charge in [0.2, 0.25) is 0 Å². The Balaban J connectivity index is 1.79. The van der Waals surface area contributed by atoms with Crippen molar-refractivity contribution in [3.63, 3.8) is 0 Å². The fraction of sp³-hybridized carbons (Fsp3) is 0.364. The Morgan fingerprint density at radius 2 is 1.53 bits per heavy atom. The normalized spacial score (nSPS) is 21.8. The van der Waals surface area contributed by atoms with E-state index in [0.29, 0.717) is 36.0 Å². The molecule has 2 aliphatic rings. The number of halogens is 3. The van der Waals surface area contributed by atoms with E-state index >= 15 is 0 Å². The molecule has 5 rings (SSSR count). The molecule has 0 aliphatic carbocycles. The minimum Gasteiger partial charge on any atom is -0.493 e. The lowest BCUT2D eigenvalue weighted by atomic mass is 9.71. The summed E-state index contributed by atoms with van der Waals surface area (Å²) in [7, 11) is -3.79. The molecule has 3 aromatic rings. The number of piperidine rings is 1. The van der Waals surface area contributed by atoms with Crippen LogP contribution in [-0.2, 0) is 20.9 Å². The second-order valence-corrected chi connectivity index (χ2v) is 15.2. The number of nitrogens with one attached hydrogen (secondary N) is 1. The van der Waals surface area contributed by atoms with Crippen molar-refractivity contribution in [3.05, 3.63) is 92.4 Å². The first kappa shape index (κ1) is 34.8. The lowest BCUT2D eigenvalue weighted by Gasteiger charge is -2.47. The predicted molar refractivity (Wildman–Crippen MR) is 184 cm³/mol. The topological polar surface area (TPSA) is 134 Å². The average Bonchev–Trinajstić information content (AvgIpc) is 3.25. The van der Waals surface area contributed by atoms with Crippen LogP contribution in [0.3, 0.4) is 0 Å². The molecule has 3 N–H and O–H groups in total. The molecule has 4 amide bonds. The first-order chi connectivity index (χ1) is 22.1. The number of aliphatic imine (C=N–C) groups is 1. The van der Waals surface area contributed by atoms with E-state index in [4.69, 9.17) is 50.3 Å². The third-order valence-electron chi connectivity index (χ3n) is 9.03. The molecule has 2 aliphatic heterocycles. The number of primary amides is 1. The molecule has 250 valence electrons. The Morgan fingerprint density at radius 3 is 2.04 bits per heavy atom. The van der Waals surface area contributed by atoms with Crippen LogP contribution in [0.5, 0.6) is 5.75 Å². The molecule has 0 saturated carbocycles. The van der Waals surface area contributed by atoms with Crippen LogP contribution in [0.2, 0.25) is 15.1 Å². The Morgan fingerprint density at radius 1 is 0.979 bits per heavy atom. The summed E-state index contributed by atoms with van der Waals surface area (Å²) in [6.45, 7) is 6.54. The van der Waals surface area contributed by atoms with Gasteiger partial charge in [-0.2, -0.15) is 0 Å². The lowest BCUT2D eigenvalue weighted by molar-refractivity contribution is 0.0996. The number of amides is 4. The minimum atomic E-state index is -3.79. The highest BCUT2D eigenvalue weighted by atomic mass is 35.5. The quantitative estimate of drug-likeness (QED) is 0.284. The van der Waals surface area contributed by atoms with Crippen LogP contribution >= 0.6 is 34.8 Å². The van der Waals surface area contributed by atoms with Gasteiger partial charge in [-0.25, -0.2) is 18.0 Å². The van der Waals surface area contributed by atoms with E-state index in [1.165, 1.54) is 12.1 Å². The molecule has 0 unspecified atom stereocenters. The summed E-state index contributed by atoms with van der Waals surface area (Å²) in [6.07, 6.45) is 2.05. The van der Waals surface area contributed by atoms with Gasteiger partial charge in [0.05, 0.1) is 22.1 Å². The van der Waals surface area contributed by atoms with Gasteiger partial charge in [-0.15, -0.1) is 0 Å². The standard InChI is InChI=1S/C33H36Cl3N5O5S/c1-5-46-27-19-26(36)28(47(4,44)45)18-25(27)29-39-32(2,20-6-10-22(34)11-7-20)33(3,21-8-12-23(35)13-9-21)41(29)31(43)40-16-14-24(15-17-40)38-30(37)42/h6-13,18-19,24H,5,14-17H2,1-4H3,(H3,37,38,42)/t32-,33+/m0/s1. The van der Waals surface area contributed by atoms with Crippen molar-refractivity contribution in [1.82, 2.24) is 15.1 Å². The summed E-state index contributed by atoms with van der Waals surface area (Å²) in [5.74, 6) is 0.469. The predicted octanol–water partition coefficient (Wildman–Crippen LogP) is 6.59. The van der Waals surface area contributed by atoms with Crippen molar-refractivity contribution in [1.29, 1.82) is 0 Å². The molecule has 0 radical (unpaired) electrons. The molecule has 1 fully saturated rings. The Hall–Kier alpha value is -3.51. The van der Waals surface area contributed by atoms with E-state index in [1.807, 2.05) is 38.1 Å². The first-order valence-corrected chi connectivity index (χ1v) is 18.1. The van der Waals surface area contributed by atoms with Crippen LogP contribution < -0.4 is 15.8 Å². The molecule has 47 heavy (non-hydrogen) atoms. The molecule has 2 heterocycles. The molecule has 0 bridgehead atoms. The summed E-state index contributed by atoms with van der Waals surface area (Å²) in [6, 6.07) is 16.2. The number of nitrogens with zero attached hydrogens (tertiary/aromatic N) is 3. The Kier molecular flexibility index (Phi) is 9.76. The number of rotatable bonds is 7. The van der Waals surface area contributed by atoms with Gasteiger partial charge in [0.25, 0.3) is 0 Å². The monoisotopic (exact) mass is 719 g/mol. The molecule has 10 nitrogen and oxygen atoms in total. The molecule has 2 atom stereocenters. The zero-order chi connectivity index (χ0) is 34.3. The van der Waals surface area contributed by atoms with Gasteiger partial charge < -0.3 is 20.7 Å². The van der Waals surface area contributed by atoms with Crippen molar-refractivity contribution in [2.75, 3.05) is 26.0 Å². The largest absolute Gasteiger partial charge is 0.493 e. The molecule has 1 saturated heterocycles. The van der Waals surface area contributed by atoms with E-state index in [9.17, 15) is 18.0 Å². The number of sulfone groups is 1. The smallest absolute Gasteiger partial charge is 0.326 e. The van der Waals surface area contributed by atoms with Crippen LogP contribution in [0.25, 0.3) is 0 Å². The van der Waals surface area contributed by atoms with E-state index in [2.05, 4.69) is 5.32 Å². The first-order valence-electron chi connectivity index (χ1n) is 15.0. The van der Waals surface area contributed by atoms with Crippen molar-refractivity contribution in [3.8, 4) is 5.75 Å². The fourth-order valence-electron chi connectivity index (χ4n) is 6.39. The van der Waals surface area contributed by atoms with Gasteiger partial charge in [-0.05, 0) is 75.1 Å². The molecule has 14 heteroatoms. The van der Waals surface area contributed by atoms with Crippen LogP contribution in [0.15, 0.2) is 70.6 Å². The number of hydrogen-bond donors (Lipinski definition) is 2. The zero-order valence-corrected chi connectivity index (χ0v) is 29.5. The number of nitrogens with two attached hydrogens (primary N) is 1. The Bertz CT molecular complexity index is 1830. The van der Waals surface area contributed by atoms with Crippen molar-refractivity contribution in [2.45, 2.75) is 55.6 Å². The van der Waals surface area contributed by atoms with Crippen molar-refractivity contribution >= 4 is 62.5 Å². The highest BCUT2D eigenvalue weighted by Crippen LogP contribution is 2.54. The third kappa shape index (κ3) is 6.50. The van der Waals surface area contributed by atoms with Crippen molar-refractivity contribution < 1.29 is 22.7 Å². The van der Waals surface area contributed by atoms with E-state index in [-0.39, 0.29) is 45.7 Å². The van der Waals surface area contributed by atoms with Gasteiger partial charge in [0.1, 0.15) is 22.7 Å². The lowest BCUT2D eigenvalue weighted by Crippen LogP contribution is -2.60. The van der Waals surface area contributed by atoms with Gasteiger partial charge >= 0.3 is 12.1 Å². The second-order valence-electron chi connectivity index (χ2n) is 12.0. The molecule has 0 aromatic heterocycles. The number of carbonyl (C=O) groups excluding carboxylic acids is 2. The summed E-state index contributed by atoms with van der Waals surface area (Å²) >= 11 is 19.1. The minimum absolute atomic E-state index is 0.0128. The fourth-order valence-corrected chi connectivity index (χ4v) is 7.97. The SMILES string of the molecule is CCOc1cc(Cl)c(S(C)(=O)=O)cc1C1=N[C@@](C)(c2ccc(Cl)cc2)[C@@](C)(c2ccc(Cl)cc2)N1C(=O)N1CCC(NC(N)=O)CC1. The van der Waals surface area contributed by atoms with E-state index in [1.54, 1.807) is 41.0 Å². The average molecular weight is 721 g/mol. The van der Waals surface area contributed by atoms with Gasteiger partial charge in [0.15, 0.2) is 9.84 Å². The highest BCUT2D eigenvalue weighted by molar-refractivity contribution is 7.90. The van der Waals surface area contributed by atoms with Crippen LogP contribution in [0, 0.1) is 0 Å². The van der Waals surface area contributed by atoms with Gasteiger partial charge in [-0.1, -0.05) is 59.1 Å². The number of benzene rings is 3. The molecule has 0 spiro atoms. The molecule has 3 aromatic carbocycles. The van der Waals surface area contributed by atoms with E-state index in [0.717, 1.165) is 17.4 Å². The maximum absolute atomic E-state index is 15.0. The molecular formula is C33H36Cl3N5O5S. The summed E-state index contributed by atoms with van der Waals surface area (Å²) in [4.78, 5) is 35.0. The third-order valence-corrected chi connectivity index (χ3v) is 11.1. The number of likely N-dealkylation sites (tertiary alicyclic amines) is 1. The number of carbonyl (C=O) groups is 2. The van der Waals surface area contributed by atoms with Gasteiger partial charge in [0, 0.05) is 41.5 Å².